The molecule has 1 aromatic heterocycles. The number of hydrogen-bond donors (Lipinski definition) is 0. The van der Waals surface area contributed by atoms with E-state index in [1.807, 2.05) is 0 Å². The number of ketones is 1. The SMILES string of the molecule is Cl.O=C(Cn1ccnc1)c1ccc(F)cc1. The molecule has 0 amide bonds. The van der Waals surface area contributed by atoms with Gasteiger partial charge in [0, 0.05) is 18.0 Å². The van der Waals surface area contributed by atoms with Crippen LogP contribution in [0.4, 0.5) is 4.39 Å². The van der Waals surface area contributed by atoms with E-state index in [9.17, 15) is 9.18 Å². The average Bonchev–Trinajstić information content (AvgIpc) is 2.71. The first-order chi connectivity index (χ1) is 7.25. The molecule has 5 heteroatoms. The second kappa shape index (κ2) is 5.42. The molecule has 0 saturated heterocycles. The van der Waals surface area contributed by atoms with E-state index in [2.05, 4.69) is 4.98 Å². The second-order valence-electron chi connectivity index (χ2n) is 3.17. The minimum Gasteiger partial charge on any atom is -0.330 e. The fraction of sp³-hybridized carbons (Fsp3) is 0.0909. The van der Waals surface area contributed by atoms with Gasteiger partial charge in [-0.25, -0.2) is 9.37 Å². The first-order valence-corrected chi connectivity index (χ1v) is 4.50. The van der Waals surface area contributed by atoms with E-state index in [0.29, 0.717) is 5.56 Å². The number of hydrogen-bond acceptors (Lipinski definition) is 2. The van der Waals surface area contributed by atoms with Crippen LogP contribution in [0.3, 0.4) is 0 Å². The second-order valence-corrected chi connectivity index (χ2v) is 3.17. The summed E-state index contributed by atoms with van der Waals surface area (Å²) >= 11 is 0. The van der Waals surface area contributed by atoms with Crippen molar-refractivity contribution in [3.63, 3.8) is 0 Å². The number of rotatable bonds is 3. The Kier molecular flexibility index (Phi) is 4.19. The monoisotopic (exact) mass is 240 g/mol. The standard InChI is InChI=1S/C11H9FN2O.ClH/c12-10-3-1-9(2-4-10)11(15)7-14-6-5-13-8-14;/h1-6,8H,7H2;1H. The summed E-state index contributed by atoms with van der Waals surface area (Å²) in [5.41, 5.74) is 0.505. The van der Waals surface area contributed by atoms with Crippen molar-refractivity contribution in [1.29, 1.82) is 0 Å². The molecule has 0 aliphatic heterocycles. The minimum atomic E-state index is -0.339. The van der Waals surface area contributed by atoms with Gasteiger partial charge in [-0.1, -0.05) is 0 Å². The van der Waals surface area contributed by atoms with Gasteiger partial charge in [0.25, 0.3) is 0 Å². The molecule has 0 spiro atoms. The zero-order valence-corrected chi connectivity index (χ0v) is 9.15. The number of halogens is 2. The maximum atomic E-state index is 12.6. The Hall–Kier alpha value is -1.68. The summed E-state index contributed by atoms with van der Waals surface area (Å²) in [7, 11) is 0. The number of aromatic nitrogens is 2. The lowest BCUT2D eigenvalue weighted by Crippen LogP contribution is -2.08. The Bertz CT molecular complexity index is 453. The van der Waals surface area contributed by atoms with E-state index in [1.165, 1.54) is 24.3 Å². The number of nitrogens with zero attached hydrogens (tertiary/aromatic N) is 2. The zero-order valence-electron chi connectivity index (χ0n) is 8.34. The highest BCUT2D eigenvalue weighted by molar-refractivity contribution is 5.95. The van der Waals surface area contributed by atoms with Crippen LogP contribution in [-0.2, 0) is 6.54 Å². The van der Waals surface area contributed by atoms with Crippen LogP contribution < -0.4 is 0 Å². The highest BCUT2D eigenvalue weighted by Crippen LogP contribution is 2.05. The maximum Gasteiger partial charge on any atom is 0.182 e. The third kappa shape index (κ3) is 2.90. The highest BCUT2D eigenvalue weighted by atomic mass is 35.5. The number of Topliss-reactive ketones (excluding diaryl/α,β-unsaturated/α-hetero) is 1. The lowest BCUT2D eigenvalue weighted by atomic mass is 10.1. The summed E-state index contributed by atoms with van der Waals surface area (Å²) in [4.78, 5) is 15.5. The van der Waals surface area contributed by atoms with Gasteiger partial charge in [0.2, 0.25) is 0 Å². The van der Waals surface area contributed by atoms with E-state index in [1.54, 1.807) is 23.3 Å². The van der Waals surface area contributed by atoms with Crippen molar-refractivity contribution < 1.29 is 9.18 Å². The molecule has 2 aromatic rings. The zero-order chi connectivity index (χ0) is 10.7. The van der Waals surface area contributed by atoms with Crippen LogP contribution in [-0.4, -0.2) is 15.3 Å². The Morgan fingerprint density at radius 1 is 1.31 bits per heavy atom. The van der Waals surface area contributed by atoms with Crippen molar-refractivity contribution in [3.8, 4) is 0 Å². The molecule has 3 nitrogen and oxygen atoms in total. The predicted molar refractivity (Wildman–Crippen MR) is 60.2 cm³/mol. The lowest BCUT2D eigenvalue weighted by Gasteiger charge is -2.01. The van der Waals surface area contributed by atoms with Crippen LogP contribution in [0.1, 0.15) is 10.4 Å². The van der Waals surface area contributed by atoms with Gasteiger partial charge in [-0.2, -0.15) is 0 Å². The van der Waals surface area contributed by atoms with Crippen molar-refractivity contribution in [2.24, 2.45) is 0 Å². The number of benzene rings is 1. The quantitative estimate of drug-likeness (QED) is 0.772. The van der Waals surface area contributed by atoms with E-state index < -0.39 is 0 Å². The molecular formula is C11H10ClFN2O. The van der Waals surface area contributed by atoms with Gasteiger partial charge < -0.3 is 4.57 Å². The van der Waals surface area contributed by atoms with Crippen LogP contribution in [0.2, 0.25) is 0 Å². The Balaban J connectivity index is 0.00000128. The van der Waals surface area contributed by atoms with Crippen molar-refractivity contribution in [3.05, 3.63) is 54.4 Å². The van der Waals surface area contributed by atoms with Crippen molar-refractivity contribution in [1.82, 2.24) is 9.55 Å². The largest absolute Gasteiger partial charge is 0.330 e. The molecule has 0 N–H and O–H groups in total. The van der Waals surface area contributed by atoms with E-state index >= 15 is 0 Å². The molecule has 0 saturated carbocycles. The Morgan fingerprint density at radius 3 is 2.56 bits per heavy atom. The molecule has 0 unspecified atom stereocenters. The fourth-order valence-electron chi connectivity index (χ4n) is 1.27. The van der Waals surface area contributed by atoms with Gasteiger partial charge >= 0.3 is 0 Å². The topological polar surface area (TPSA) is 34.9 Å². The van der Waals surface area contributed by atoms with Crippen molar-refractivity contribution in [2.45, 2.75) is 6.54 Å². The molecular weight excluding hydrogens is 231 g/mol. The Morgan fingerprint density at radius 2 is 2.00 bits per heavy atom. The van der Waals surface area contributed by atoms with E-state index in [4.69, 9.17) is 0 Å². The summed E-state index contributed by atoms with van der Waals surface area (Å²) in [5, 5.41) is 0. The van der Waals surface area contributed by atoms with E-state index in [-0.39, 0.29) is 30.6 Å². The molecule has 2 rings (SSSR count). The molecule has 1 aromatic carbocycles. The number of imidazole rings is 1. The molecule has 1 heterocycles. The molecule has 0 atom stereocenters. The van der Waals surface area contributed by atoms with Crippen molar-refractivity contribution in [2.75, 3.05) is 0 Å². The van der Waals surface area contributed by atoms with Crippen LogP contribution in [0.15, 0.2) is 43.0 Å². The summed E-state index contributed by atoms with van der Waals surface area (Å²) < 4.78 is 14.3. The van der Waals surface area contributed by atoms with Gasteiger partial charge in [-0.15, -0.1) is 12.4 Å². The maximum absolute atomic E-state index is 12.6. The third-order valence-electron chi connectivity index (χ3n) is 2.05. The van der Waals surface area contributed by atoms with Gasteiger partial charge in [0.1, 0.15) is 5.82 Å². The summed E-state index contributed by atoms with van der Waals surface area (Å²) in [6, 6.07) is 5.52. The summed E-state index contributed by atoms with van der Waals surface area (Å²) in [6.45, 7) is 0.228. The fourth-order valence-corrected chi connectivity index (χ4v) is 1.27. The molecule has 0 aliphatic rings. The number of carbonyl (C=O) groups excluding carboxylic acids is 1. The molecule has 16 heavy (non-hydrogen) atoms. The average molecular weight is 241 g/mol. The van der Waals surface area contributed by atoms with Gasteiger partial charge in [0.15, 0.2) is 5.78 Å². The molecule has 84 valence electrons. The van der Waals surface area contributed by atoms with Gasteiger partial charge in [-0.05, 0) is 24.3 Å². The van der Waals surface area contributed by atoms with Crippen LogP contribution in [0.5, 0.6) is 0 Å². The minimum absolute atomic E-state index is 0. The van der Waals surface area contributed by atoms with Crippen molar-refractivity contribution >= 4 is 18.2 Å². The number of carbonyl (C=O) groups is 1. The predicted octanol–water partition coefficient (Wildman–Crippen LogP) is 2.33. The summed E-state index contributed by atoms with van der Waals surface area (Å²) in [5.74, 6) is -0.401. The molecule has 0 radical (unpaired) electrons. The summed E-state index contributed by atoms with van der Waals surface area (Å²) in [6.07, 6.45) is 4.89. The van der Waals surface area contributed by atoms with Crippen LogP contribution in [0, 0.1) is 5.82 Å². The van der Waals surface area contributed by atoms with Gasteiger partial charge in [0.05, 0.1) is 12.9 Å². The normalized spacial score (nSPS) is 9.56. The third-order valence-corrected chi connectivity index (χ3v) is 2.05. The Labute approximate surface area is 98.3 Å². The van der Waals surface area contributed by atoms with Crippen LogP contribution in [0.25, 0.3) is 0 Å². The van der Waals surface area contributed by atoms with Crippen LogP contribution >= 0.6 is 12.4 Å². The first kappa shape index (κ1) is 12.4. The highest BCUT2D eigenvalue weighted by Gasteiger charge is 2.05. The smallest absolute Gasteiger partial charge is 0.182 e. The first-order valence-electron chi connectivity index (χ1n) is 4.50. The molecule has 0 bridgehead atoms. The van der Waals surface area contributed by atoms with E-state index in [0.717, 1.165) is 0 Å². The van der Waals surface area contributed by atoms with Gasteiger partial charge in [-0.3, -0.25) is 4.79 Å². The lowest BCUT2D eigenvalue weighted by molar-refractivity contribution is 0.0972. The molecule has 0 aliphatic carbocycles. The molecule has 0 fully saturated rings.